The minimum absolute atomic E-state index is 0.0800. The van der Waals surface area contributed by atoms with E-state index >= 15 is 0 Å². The van der Waals surface area contributed by atoms with Crippen molar-refractivity contribution in [2.75, 3.05) is 0 Å². The Balaban J connectivity index is 1.86. The molecule has 3 rings (SSSR count). The standard InChI is InChI=1S/C14H12BNO4S/c17-14(18)11-5-1-3-9-7-12(15(19)20-13(9)11)21-10-4-2-6-16-8-10/h1-6,8,12,19H,7H2,(H,17,18)/t12-/m0/s1. The molecule has 1 aliphatic heterocycles. The van der Waals surface area contributed by atoms with Gasteiger partial charge in [-0.15, -0.1) is 11.8 Å². The van der Waals surface area contributed by atoms with E-state index in [-0.39, 0.29) is 16.5 Å². The number of hydrogen-bond donors (Lipinski definition) is 2. The molecule has 2 N–H and O–H groups in total. The normalized spacial score (nSPS) is 17.0. The molecule has 2 aromatic rings. The number of para-hydroxylation sites is 1. The second kappa shape index (κ2) is 5.79. The number of fused-ring (bicyclic) bond motifs is 1. The van der Waals surface area contributed by atoms with Gasteiger partial charge in [-0.3, -0.25) is 4.98 Å². The zero-order valence-electron chi connectivity index (χ0n) is 11.0. The first-order valence-electron chi connectivity index (χ1n) is 6.42. The minimum atomic E-state index is -1.06. The summed E-state index contributed by atoms with van der Waals surface area (Å²) in [7, 11) is -1.05. The van der Waals surface area contributed by atoms with Gasteiger partial charge in [0, 0.05) is 17.3 Å². The first kappa shape index (κ1) is 14.0. The van der Waals surface area contributed by atoms with E-state index < -0.39 is 13.1 Å². The van der Waals surface area contributed by atoms with Crippen molar-refractivity contribution in [1.29, 1.82) is 0 Å². The van der Waals surface area contributed by atoms with E-state index in [4.69, 9.17) is 9.76 Å². The zero-order valence-corrected chi connectivity index (χ0v) is 11.8. The van der Waals surface area contributed by atoms with Gasteiger partial charge in [0.05, 0.1) is 10.7 Å². The van der Waals surface area contributed by atoms with Crippen molar-refractivity contribution in [3.05, 3.63) is 53.9 Å². The molecule has 106 valence electrons. The molecule has 0 aliphatic carbocycles. The maximum absolute atomic E-state index is 11.2. The number of carbonyl (C=O) groups is 1. The van der Waals surface area contributed by atoms with Gasteiger partial charge >= 0.3 is 13.1 Å². The number of benzene rings is 1. The highest BCUT2D eigenvalue weighted by molar-refractivity contribution is 8.01. The fourth-order valence-electron chi connectivity index (χ4n) is 2.26. The summed E-state index contributed by atoms with van der Waals surface area (Å²) in [5.41, 5.74) is 0.873. The lowest BCUT2D eigenvalue weighted by Gasteiger charge is -2.27. The Morgan fingerprint density at radius 1 is 1.38 bits per heavy atom. The maximum atomic E-state index is 11.2. The van der Waals surface area contributed by atoms with Crippen LogP contribution < -0.4 is 4.65 Å². The summed E-state index contributed by atoms with van der Waals surface area (Å²) in [6, 6.07) is 8.73. The van der Waals surface area contributed by atoms with Gasteiger partial charge in [-0.1, -0.05) is 12.1 Å². The predicted molar refractivity (Wildman–Crippen MR) is 79.6 cm³/mol. The topological polar surface area (TPSA) is 79.7 Å². The molecule has 0 fully saturated rings. The van der Waals surface area contributed by atoms with Gasteiger partial charge in [0.15, 0.2) is 0 Å². The third kappa shape index (κ3) is 2.89. The fraction of sp³-hybridized carbons (Fsp3) is 0.143. The molecular formula is C14H12BNO4S. The molecule has 2 heterocycles. The monoisotopic (exact) mass is 301 g/mol. The van der Waals surface area contributed by atoms with Crippen molar-refractivity contribution in [1.82, 2.24) is 4.98 Å². The number of nitrogens with zero attached hydrogens (tertiary/aromatic N) is 1. The first-order valence-corrected chi connectivity index (χ1v) is 7.29. The molecule has 1 aliphatic rings. The summed E-state index contributed by atoms with van der Waals surface area (Å²) in [5.74, 6) is -0.794. The lowest BCUT2D eigenvalue weighted by atomic mass is 9.77. The summed E-state index contributed by atoms with van der Waals surface area (Å²) in [5, 5.41) is 19.1. The van der Waals surface area contributed by atoms with Crippen LogP contribution in [0.25, 0.3) is 0 Å². The summed E-state index contributed by atoms with van der Waals surface area (Å²) >= 11 is 1.47. The van der Waals surface area contributed by atoms with Gasteiger partial charge in [0.2, 0.25) is 0 Å². The van der Waals surface area contributed by atoms with Gasteiger partial charge in [-0.25, -0.2) is 4.79 Å². The van der Waals surface area contributed by atoms with Crippen LogP contribution in [-0.4, -0.2) is 33.4 Å². The number of carboxylic acid groups (broad SMARTS) is 1. The highest BCUT2D eigenvalue weighted by Gasteiger charge is 2.37. The van der Waals surface area contributed by atoms with E-state index in [1.807, 2.05) is 18.2 Å². The number of pyridine rings is 1. The van der Waals surface area contributed by atoms with Crippen molar-refractivity contribution in [2.24, 2.45) is 0 Å². The lowest BCUT2D eigenvalue weighted by Crippen LogP contribution is -2.40. The van der Waals surface area contributed by atoms with Gasteiger partial charge < -0.3 is 14.8 Å². The Bertz CT molecular complexity index is 667. The van der Waals surface area contributed by atoms with Crippen LogP contribution >= 0.6 is 11.8 Å². The molecule has 21 heavy (non-hydrogen) atoms. The molecule has 0 saturated carbocycles. The maximum Gasteiger partial charge on any atom is 0.537 e. The van der Waals surface area contributed by atoms with Crippen LogP contribution in [-0.2, 0) is 6.42 Å². The summed E-state index contributed by atoms with van der Waals surface area (Å²) in [6.45, 7) is 0. The largest absolute Gasteiger partial charge is 0.537 e. The summed E-state index contributed by atoms with van der Waals surface area (Å²) in [6.07, 6.45) is 3.95. The Labute approximate surface area is 126 Å². The molecule has 0 amide bonds. The van der Waals surface area contributed by atoms with Crippen LogP contribution in [0.5, 0.6) is 5.75 Å². The van der Waals surface area contributed by atoms with E-state index in [1.54, 1.807) is 18.5 Å². The van der Waals surface area contributed by atoms with Crippen LogP contribution in [0.1, 0.15) is 15.9 Å². The Morgan fingerprint density at radius 2 is 2.24 bits per heavy atom. The molecule has 1 atom stereocenters. The van der Waals surface area contributed by atoms with Crippen molar-refractivity contribution < 1.29 is 19.6 Å². The average Bonchev–Trinajstić information content (AvgIpc) is 2.48. The number of aromatic nitrogens is 1. The van der Waals surface area contributed by atoms with Gasteiger partial charge in [-0.05, 0) is 30.2 Å². The highest BCUT2D eigenvalue weighted by Crippen LogP contribution is 2.36. The molecule has 0 unspecified atom stereocenters. The number of thioether (sulfide) groups is 1. The van der Waals surface area contributed by atoms with Crippen LogP contribution in [0.4, 0.5) is 0 Å². The van der Waals surface area contributed by atoms with Crippen molar-refractivity contribution >= 4 is 24.8 Å². The third-order valence-corrected chi connectivity index (χ3v) is 4.44. The molecule has 0 bridgehead atoms. The first-order chi connectivity index (χ1) is 10.1. The zero-order chi connectivity index (χ0) is 14.8. The molecule has 7 heteroatoms. The van der Waals surface area contributed by atoms with Crippen molar-refractivity contribution in [2.45, 2.75) is 16.5 Å². The second-order valence-corrected chi connectivity index (χ2v) is 5.97. The second-order valence-electron chi connectivity index (χ2n) is 4.66. The molecule has 5 nitrogen and oxygen atoms in total. The Kier molecular flexibility index (Phi) is 3.85. The van der Waals surface area contributed by atoms with E-state index in [0.717, 1.165) is 10.5 Å². The molecule has 1 aromatic heterocycles. The van der Waals surface area contributed by atoms with Crippen LogP contribution in [0, 0.1) is 0 Å². The minimum Gasteiger partial charge on any atom is -0.535 e. The lowest BCUT2D eigenvalue weighted by molar-refractivity contribution is 0.0694. The molecular weight excluding hydrogens is 289 g/mol. The van der Waals surface area contributed by atoms with Crippen LogP contribution in [0.3, 0.4) is 0 Å². The van der Waals surface area contributed by atoms with Crippen LogP contribution in [0.2, 0.25) is 0 Å². The molecule has 0 saturated heterocycles. The highest BCUT2D eigenvalue weighted by atomic mass is 32.2. The van der Waals surface area contributed by atoms with Gasteiger partial charge in [-0.2, -0.15) is 0 Å². The predicted octanol–water partition coefficient (Wildman–Crippen LogP) is 1.90. The van der Waals surface area contributed by atoms with Crippen molar-refractivity contribution in [3.63, 3.8) is 0 Å². The van der Waals surface area contributed by atoms with Gasteiger partial charge in [0.25, 0.3) is 0 Å². The summed E-state index contributed by atoms with van der Waals surface area (Å²) in [4.78, 5) is 16.1. The van der Waals surface area contributed by atoms with E-state index in [2.05, 4.69) is 4.98 Å². The number of hydrogen-bond acceptors (Lipinski definition) is 5. The number of carboxylic acids is 1. The Hall–Kier alpha value is -1.99. The number of rotatable bonds is 3. The average molecular weight is 301 g/mol. The molecule has 1 aromatic carbocycles. The van der Waals surface area contributed by atoms with Gasteiger partial charge in [0.1, 0.15) is 5.75 Å². The molecule has 0 spiro atoms. The van der Waals surface area contributed by atoms with E-state index in [9.17, 15) is 9.82 Å². The summed E-state index contributed by atoms with van der Waals surface area (Å²) < 4.78 is 5.44. The third-order valence-electron chi connectivity index (χ3n) is 3.23. The van der Waals surface area contributed by atoms with E-state index in [1.165, 1.54) is 17.8 Å². The number of aromatic carboxylic acids is 1. The smallest absolute Gasteiger partial charge is 0.535 e. The van der Waals surface area contributed by atoms with Crippen LogP contribution in [0.15, 0.2) is 47.6 Å². The van der Waals surface area contributed by atoms with E-state index in [0.29, 0.717) is 6.42 Å². The van der Waals surface area contributed by atoms with Crippen molar-refractivity contribution in [3.8, 4) is 5.75 Å². The fourth-order valence-corrected chi connectivity index (χ4v) is 3.32. The molecule has 0 radical (unpaired) electrons. The quantitative estimate of drug-likeness (QED) is 0.843. The Morgan fingerprint density at radius 3 is 2.95 bits per heavy atom. The SMILES string of the molecule is O=C(O)c1cccc2c1OB(O)[C@@H](Sc1cccnc1)C2.